The Balaban J connectivity index is 1.51. The molecule has 1 unspecified atom stereocenters. The fourth-order valence-electron chi connectivity index (χ4n) is 5.34. The van der Waals surface area contributed by atoms with Gasteiger partial charge in [-0.25, -0.2) is 0 Å². The molecule has 5 rings (SSSR count). The van der Waals surface area contributed by atoms with E-state index in [2.05, 4.69) is 36.5 Å². The number of furan rings is 1. The van der Waals surface area contributed by atoms with Crippen molar-refractivity contribution in [2.45, 2.75) is 59.6 Å². The topological polar surface area (TPSA) is 96.0 Å². The highest BCUT2D eigenvalue weighted by atomic mass is 16.5. The summed E-state index contributed by atoms with van der Waals surface area (Å²) in [5.41, 5.74) is 13.0. The van der Waals surface area contributed by atoms with Gasteiger partial charge in [0.25, 0.3) is 0 Å². The highest BCUT2D eigenvalue weighted by Crippen LogP contribution is 2.39. The smallest absolute Gasteiger partial charge is 0.310 e. The van der Waals surface area contributed by atoms with E-state index in [1.54, 1.807) is 7.11 Å². The molecule has 3 N–H and O–H groups in total. The molecule has 0 aliphatic heterocycles. The van der Waals surface area contributed by atoms with Gasteiger partial charge in [0.2, 0.25) is 0 Å². The number of esters is 1. The number of nitrogens with two attached hydrogens (primary N) is 1. The Labute approximate surface area is 236 Å². The minimum atomic E-state index is -0.249. The first-order valence-corrected chi connectivity index (χ1v) is 14.2. The lowest BCUT2D eigenvalue weighted by atomic mass is 9.91. The molecule has 2 aliphatic carbocycles. The third kappa shape index (κ3) is 6.20. The second-order valence-corrected chi connectivity index (χ2v) is 10.9. The lowest BCUT2D eigenvalue weighted by Gasteiger charge is -2.24. The maximum absolute atomic E-state index is 12.4. The highest BCUT2D eigenvalue weighted by molar-refractivity contribution is 5.96. The van der Waals surface area contributed by atoms with Crippen molar-refractivity contribution in [3.8, 4) is 11.1 Å². The van der Waals surface area contributed by atoms with E-state index in [0.717, 1.165) is 68.5 Å². The number of methoxy groups -OCH3 is 1. The Morgan fingerprint density at radius 1 is 1.18 bits per heavy atom. The number of allylic oxidation sites excluding steroid dienone is 2. The number of rotatable bonds is 12. The second-order valence-electron chi connectivity index (χ2n) is 10.9. The monoisotopic (exact) mass is 544 g/mol. The van der Waals surface area contributed by atoms with E-state index >= 15 is 0 Å². The number of fused-ring (bicyclic) bond motifs is 1. The number of carbonyl (C=O) groups is 1. The number of aryl methyl sites for hydroxylation is 1. The maximum atomic E-state index is 12.4. The molecule has 7 heteroatoms. The van der Waals surface area contributed by atoms with Crippen molar-refractivity contribution in [3.63, 3.8) is 0 Å². The molecule has 1 atom stereocenters. The van der Waals surface area contributed by atoms with Gasteiger partial charge in [-0.15, -0.1) is 0 Å². The van der Waals surface area contributed by atoms with Gasteiger partial charge in [-0.2, -0.15) is 0 Å². The van der Waals surface area contributed by atoms with E-state index in [0.29, 0.717) is 31.9 Å². The molecule has 212 valence electrons. The van der Waals surface area contributed by atoms with Crippen LogP contribution in [0.1, 0.15) is 56.4 Å². The molecule has 2 aliphatic rings. The van der Waals surface area contributed by atoms with Gasteiger partial charge in [0.05, 0.1) is 25.8 Å². The standard InChI is InChI=1S/C33H40N2O5/c1-5-38-32(36)15-26-11-20(2)30(37-4)16-31(26)39-19-28-21(3)40-33-27(28)13-25(14-29(33)35-18-22-9-10-22)24-8-6-7-23(12-24)17-34/h6-8,12-14,16,20,22,35H,5,9-11,15,17-19,34H2,1-4H3. The summed E-state index contributed by atoms with van der Waals surface area (Å²) in [5.74, 6) is 2.94. The summed E-state index contributed by atoms with van der Waals surface area (Å²) in [4.78, 5) is 12.4. The zero-order chi connectivity index (χ0) is 28.2. The zero-order valence-corrected chi connectivity index (χ0v) is 24.0. The molecule has 1 aromatic heterocycles. The van der Waals surface area contributed by atoms with E-state index in [-0.39, 0.29) is 18.3 Å². The first-order chi connectivity index (χ1) is 19.4. The van der Waals surface area contributed by atoms with Crippen LogP contribution in [0.5, 0.6) is 0 Å². The number of benzene rings is 2. The van der Waals surface area contributed by atoms with Crippen LogP contribution < -0.4 is 11.1 Å². The Hall–Kier alpha value is -3.71. The number of nitrogens with one attached hydrogen (secondary N) is 1. The van der Waals surface area contributed by atoms with Crippen molar-refractivity contribution in [2.75, 3.05) is 25.6 Å². The summed E-state index contributed by atoms with van der Waals surface area (Å²) >= 11 is 0. The summed E-state index contributed by atoms with van der Waals surface area (Å²) in [6.07, 6.45) is 5.32. The molecular formula is C33H40N2O5. The molecule has 2 aromatic carbocycles. The van der Waals surface area contributed by atoms with Crippen molar-refractivity contribution in [1.82, 2.24) is 0 Å². The number of carbonyl (C=O) groups excluding carboxylic acids is 1. The average Bonchev–Trinajstić information content (AvgIpc) is 3.73. The van der Waals surface area contributed by atoms with Crippen LogP contribution in [-0.2, 0) is 32.2 Å². The van der Waals surface area contributed by atoms with Gasteiger partial charge in [0, 0.05) is 36.0 Å². The fourth-order valence-corrected chi connectivity index (χ4v) is 5.34. The van der Waals surface area contributed by atoms with Crippen LogP contribution in [-0.4, -0.2) is 26.2 Å². The van der Waals surface area contributed by atoms with Gasteiger partial charge in [0.1, 0.15) is 23.9 Å². The minimum absolute atomic E-state index is 0.158. The Kier molecular flexibility index (Phi) is 8.50. The zero-order valence-electron chi connectivity index (χ0n) is 24.0. The average molecular weight is 545 g/mol. The van der Waals surface area contributed by atoms with Crippen molar-refractivity contribution < 1.29 is 23.4 Å². The van der Waals surface area contributed by atoms with Crippen LogP contribution >= 0.6 is 0 Å². The van der Waals surface area contributed by atoms with E-state index in [1.165, 1.54) is 12.8 Å². The fraction of sp³-hybridized carbons (Fsp3) is 0.424. The summed E-state index contributed by atoms with van der Waals surface area (Å²) in [6.45, 7) is 7.96. The number of hydrogen-bond acceptors (Lipinski definition) is 7. The second kappa shape index (κ2) is 12.2. The molecule has 0 amide bonds. The first-order valence-electron chi connectivity index (χ1n) is 14.2. The van der Waals surface area contributed by atoms with Crippen molar-refractivity contribution in [3.05, 3.63) is 76.5 Å². The molecule has 7 nitrogen and oxygen atoms in total. The van der Waals surface area contributed by atoms with Crippen LogP contribution in [0.15, 0.2) is 64.0 Å². The number of anilines is 1. The SMILES string of the molecule is CCOC(=O)CC1=C(OCc2c(C)oc3c(NCC4CC4)cc(-c4cccc(CN)c4)cc23)C=C(OC)C(C)C1. The Morgan fingerprint density at radius 3 is 2.73 bits per heavy atom. The number of hydrogen-bond donors (Lipinski definition) is 2. The van der Waals surface area contributed by atoms with Crippen molar-refractivity contribution >= 4 is 22.6 Å². The molecule has 40 heavy (non-hydrogen) atoms. The highest BCUT2D eigenvalue weighted by Gasteiger charge is 2.26. The third-order valence-corrected chi connectivity index (χ3v) is 7.80. The predicted molar refractivity (Wildman–Crippen MR) is 157 cm³/mol. The van der Waals surface area contributed by atoms with Gasteiger partial charge in [-0.3, -0.25) is 4.79 Å². The summed E-state index contributed by atoms with van der Waals surface area (Å²) in [5, 5.41) is 4.66. The molecule has 3 aromatic rings. The molecule has 1 heterocycles. The van der Waals surface area contributed by atoms with E-state index in [9.17, 15) is 4.79 Å². The van der Waals surface area contributed by atoms with Crippen LogP contribution in [0.3, 0.4) is 0 Å². The molecule has 1 fully saturated rings. The van der Waals surface area contributed by atoms with Gasteiger partial charge in [-0.05, 0) is 79.5 Å². The first kappa shape index (κ1) is 27.8. The van der Waals surface area contributed by atoms with Crippen LogP contribution in [0.2, 0.25) is 0 Å². The van der Waals surface area contributed by atoms with Gasteiger partial charge in [0.15, 0.2) is 5.58 Å². The maximum Gasteiger partial charge on any atom is 0.310 e. The molecule has 0 radical (unpaired) electrons. The van der Waals surface area contributed by atoms with Gasteiger partial charge in [-0.1, -0.05) is 25.1 Å². The lowest BCUT2D eigenvalue weighted by Crippen LogP contribution is -2.15. The third-order valence-electron chi connectivity index (χ3n) is 7.80. The molecule has 1 saturated carbocycles. The van der Waals surface area contributed by atoms with Crippen LogP contribution in [0.25, 0.3) is 22.1 Å². The molecule has 0 bridgehead atoms. The summed E-state index contributed by atoms with van der Waals surface area (Å²) < 4.78 is 23.6. The van der Waals surface area contributed by atoms with Gasteiger partial charge >= 0.3 is 5.97 Å². The van der Waals surface area contributed by atoms with E-state index in [4.69, 9.17) is 24.4 Å². The van der Waals surface area contributed by atoms with Crippen molar-refractivity contribution in [2.24, 2.45) is 17.6 Å². The van der Waals surface area contributed by atoms with Crippen molar-refractivity contribution in [1.29, 1.82) is 0 Å². The van der Waals surface area contributed by atoms with E-state index in [1.807, 2.05) is 32.1 Å². The lowest BCUT2D eigenvalue weighted by molar-refractivity contribution is -0.142. The number of ether oxygens (including phenoxy) is 3. The summed E-state index contributed by atoms with van der Waals surface area (Å²) in [7, 11) is 1.67. The Morgan fingerprint density at radius 2 is 2.00 bits per heavy atom. The van der Waals surface area contributed by atoms with Gasteiger partial charge < -0.3 is 29.7 Å². The normalized spacial score (nSPS) is 17.1. The molecular weight excluding hydrogens is 504 g/mol. The summed E-state index contributed by atoms with van der Waals surface area (Å²) in [6, 6.07) is 12.7. The Bertz CT molecular complexity index is 1450. The van der Waals surface area contributed by atoms with E-state index < -0.39 is 0 Å². The minimum Gasteiger partial charge on any atom is -0.501 e. The predicted octanol–water partition coefficient (Wildman–Crippen LogP) is 6.98. The quantitative estimate of drug-likeness (QED) is 0.237. The largest absolute Gasteiger partial charge is 0.501 e. The van der Waals surface area contributed by atoms with Crippen LogP contribution in [0.4, 0.5) is 5.69 Å². The molecule has 0 spiro atoms. The molecule has 0 saturated heterocycles. The van der Waals surface area contributed by atoms with Crippen LogP contribution in [0, 0.1) is 18.8 Å².